The Kier molecular flexibility index (Phi) is 7.95. The van der Waals surface area contributed by atoms with E-state index in [9.17, 15) is 14.0 Å². The molecule has 9 heteroatoms. The van der Waals surface area contributed by atoms with Crippen molar-refractivity contribution in [3.8, 4) is 17.1 Å². The molecule has 1 N–H and O–H groups in total. The van der Waals surface area contributed by atoms with Gasteiger partial charge in [0.1, 0.15) is 5.82 Å². The van der Waals surface area contributed by atoms with Gasteiger partial charge in [0.2, 0.25) is 11.8 Å². The van der Waals surface area contributed by atoms with Gasteiger partial charge in [-0.15, -0.1) is 10.2 Å². The first kappa shape index (κ1) is 23.9. The lowest BCUT2D eigenvalue weighted by molar-refractivity contribution is -0.133. The first-order chi connectivity index (χ1) is 16.6. The molecule has 2 aromatic carbocycles. The van der Waals surface area contributed by atoms with Gasteiger partial charge in [-0.25, -0.2) is 4.39 Å². The number of hydrogen-bond acceptors (Lipinski definition) is 5. The van der Waals surface area contributed by atoms with Crippen molar-refractivity contribution in [3.05, 3.63) is 60.4 Å². The summed E-state index contributed by atoms with van der Waals surface area (Å²) < 4.78 is 15.3. The molecule has 1 aromatic heterocycles. The predicted octanol–water partition coefficient (Wildman–Crippen LogP) is 3.93. The lowest BCUT2D eigenvalue weighted by Crippen LogP contribution is -2.43. The van der Waals surface area contributed by atoms with Gasteiger partial charge in [-0.1, -0.05) is 36.9 Å². The fourth-order valence-corrected chi connectivity index (χ4v) is 4.82. The fraction of sp³-hybridized carbons (Fsp3) is 0.360. The van der Waals surface area contributed by atoms with Gasteiger partial charge in [-0.3, -0.25) is 14.2 Å². The van der Waals surface area contributed by atoms with Crippen LogP contribution < -0.4 is 5.32 Å². The van der Waals surface area contributed by atoms with Crippen LogP contribution in [0.4, 0.5) is 4.39 Å². The van der Waals surface area contributed by atoms with Crippen LogP contribution in [0.1, 0.15) is 26.2 Å². The summed E-state index contributed by atoms with van der Waals surface area (Å²) in [4.78, 5) is 26.9. The van der Waals surface area contributed by atoms with Gasteiger partial charge in [0, 0.05) is 36.8 Å². The standard InChI is InChI=1S/C25H28FN5O2S/c1-2-14-27-24(33)19-12-15-30(16-13-19)22(32)17-34-25-29-28-23(18-8-10-20(26)11-9-18)31(25)21-6-4-3-5-7-21/h3-11,19H,2,12-17H2,1H3,(H,27,33). The second-order valence-corrected chi connectivity index (χ2v) is 9.16. The number of likely N-dealkylation sites (tertiary alicyclic amines) is 1. The summed E-state index contributed by atoms with van der Waals surface area (Å²) in [7, 11) is 0. The minimum absolute atomic E-state index is 0.0170. The molecule has 1 aliphatic rings. The molecule has 1 fully saturated rings. The van der Waals surface area contributed by atoms with Crippen molar-refractivity contribution in [3.63, 3.8) is 0 Å². The van der Waals surface area contributed by atoms with Crippen molar-refractivity contribution in [2.75, 3.05) is 25.4 Å². The highest BCUT2D eigenvalue weighted by Crippen LogP contribution is 2.28. The Balaban J connectivity index is 1.44. The number of halogens is 1. The molecule has 2 amide bonds. The molecule has 3 aromatic rings. The van der Waals surface area contributed by atoms with Crippen LogP contribution in [-0.4, -0.2) is 56.9 Å². The van der Waals surface area contributed by atoms with Crippen LogP contribution >= 0.6 is 11.8 Å². The van der Waals surface area contributed by atoms with Crippen LogP contribution in [0.5, 0.6) is 0 Å². The first-order valence-corrected chi connectivity index (χ1v) is 12.5. The maximum Gasteiger partial charge on any atom is 0.233 e. The Bertz CT molecular complexity index is 1110. The van der Waals surface area contributed by atoms with E-state index in [-0.39, 0.29) is 29.3 Å². The lowest BCUT2D eigenvalue weighted by atomic mass is 9.96. The van der Waals surface area contributed by atoms with Crippen molar-refractivity contribution in [2.45, 2.75) is 31.3 Å². The van der Waals surface area contributed by atoms with Crippen molar-refractivity contribution in [1.82, 2.24) is 25.0 Å². The maximum atomic E-state index is 13.4. The van der Waals surface area contributed by atoms with Crippen molar-refractivity contribution in [1.29, 1.82) is 0 Å². The van der Waals surface area contributed by atoms with Crippen LogP contribution in [0, 0.1) is 11.7 Å². The van der Waals surface area contributed by atoms with E-state index in [2.05, 4.69) is 15.5 Å². The molecule has 2 heterocycles. The Morgan fingerprint density at radius 1 is 1.06 bits per heavy atom. The summed E-state index contributed by atoms with van der Waals surface area (Å²) in [5.41, 5.74) is 1.60. The van der Waals surface area contributed by atoms with Gasteiger partial charge in [-0.2, -0.15) is 0 Å². The minimum atomic E-state index is -0.318. The van der Waals surface area contributed by atoms with E-state index in [1.807, 2.05) is 46.7 Å². The van der Waals surface area contributed by atoms with E-state index >= 15 is 0 Å². The Morgan fingerprint density at radius 2 is 1.76 bits per heavy atom. The van der Waals surface area contributed by atoms with Crippen LogP contribution in [0.25, 0.3) is 17.1 Å². The second kappa shape index (κ2) is 11.3. The third-order valence-electron chi connectivity index (χ3n) is 5.84. The molecule has 1 aliphatic heterocycles. The number of amides is 2. The zero-order chi connectivity index (χ0) is 23.9. The normalized spacial score (nSPS) is 14.2. The zero-order valence-electron chi connectivity index (χ0n) is 19.1. The third-order valence-corrected chi connectivity index (χ3v) is 6.76. The average Bonchev–Trinajstić information content (AvgIpc) is 3.30. The lowest BCUT2D eigenvalue weighted by Gasteiger charge is -2.31. The monoisotopic (exact) mass is 481 g/mol. The molecule has 0 unspecified atom stereocenters. The molecular weight excluding hydrogens is 453 g/mol. The molecule has 0 aliphatic carbocycles. The SMILES string of the molecule is CCCNC(=O)C1CCN(C(=O)CSc2nnc(-c3ccc(F)cc3)n2-c2ccccc2)CC1. The summed E-state index contributed by atoms with van der Waals surface area (Å²) in [5, 5.41) is 12.2. The van der Waals surface area contributed by atoms with Crippen LogP contribution in [0.2, 0.25) is 0 Å². The topological polar surface area (TPSA) is 80.1 Å². The van der Waals surface area contributed by atoms with Gasteiger partial charge in [0.05, 0.1) is 5.75 Å². The summed E-state index contributed by atoms with van der Waals surface area (Å²) >= 11 is 1.33. The van der Waals surface area contributed by atoms with Gasteiger partial charge in [-0.05, 0) is 55.7 Å². The number of benzene rings is 2. The van der Waals surface area contributed by atoms with Crippen LogP contribution in [-0.2, 0) is 9.59 Å². The first-order valence-electron chi connectivity index (χ1n) is 11.5. The van der Waals surface area contributed by atoms with Crippen molar-refractivity contribution in [2.24, 2.45) is 5.92 Å². The predicted molar refractivity (Wildman–Crippen MR) is 130 cm³/mol. The summed E-state index contributed by atoms with van der Waals surface area (Å²) in [6, 6.07) is 15.8. The number of piperidine rings is 1. The fourth-order valence-electron chi connectivity index (χ4n) is 3.96. The third kappa shape index (κ3) is 5.64. The number of nitrogens with zero attached hydrogens (tertiary/aromatic N) is 4. The number of thioether (sulfide) groups is 1. The molecular formula is C25H28FN5O2S. The van der Waals surface area contributed by atoms with Gasteiger partial charge in [0.15, 0.2) is 11.0 Å². The molecule has 0 radical (unpaired) electrons. The van der Waals surface area contributed by atoms with Crippen molar-refractivity contribution < 1.29 is 14.0 Å². The maximum absolute atomic E-state index is 13.4. The highest BCUT2D eigenvalue weighted by Gasteiger charge is 2.27. The number of carbonyl (C=O) groups excluding carboxylic acids is 2. The number of hydrogen-bond donors (Lipinski definition) is 1. The number of para-hydroxylation sites is 1. The van der Waals surface area contributed by atoms with Gasteiger partial charge in [0.25, 0.3) is 0 Å². The van der Waals surface area contributed by atoms with E-state index in [0.29, 0.717) is 43.5 Å². The summed E-state index contributed by atoms with van der Waals surface area (Å²) in [5.74, 6) is 0.571. The van der Waals surface area contributed by atoms with Gasteiger partial charge < -0.3 is 10.2 Å². The van der Waals surface area contributed by atoms with Crippen LogP contribution in [0.15, 0.2) is 59.8 Å². The molecule has 0 spiro atoms. The number of aromatic nitrogens is 3. The van der Waals surface area contributed by atoms with E-state index in [1.54, 1.807) is 12.1 Å². The molecule has 0 saturated carbocycles. The molecule has 178 valence electrons. The highest BCUT2D eigenvalue weighted by atomic mass is 32.2. The largest absolute Gasteiger partial charge is 0.356 e. The van der Waals surface area contributed by atoms with E-state index in [4.69, 9.17) is 0 Å². The van der Waals surface area contributed by atoms with E-state index in [0.717, 1.165) is 17.7 Å². The summed E-state index contributed by atoms with van der Waals surface area (Å²) in [6.45, 7) is 3.88. The molecule has 1 saturated heterocycles. The summed E-state index contributed by atoms with van der Waals surface area (Å²) in [6.07, 6.45) is 2.28. The quantitative estimate of drug-likeness (QED) is 0.493. The Hall–Kier alpha value is -3.20. The number of rotatable bonds is 8. The smallest absolute Gasteiger partial charge is 0.233 e. The number of nitrogens with one attached hydrogen (secondary N) is 1. The molecule has 0 atom stereocenters. The van der Waals surface area contributed by atoms with Crippen molar-refractivity contribution >= 4 is 23.6 Å². The highest BCUT2D eigenvalue weighted by molar-refractivity contribution is 7.99. The van der Waals surface area contributed by atoms with Gasteiger partial charge >= 0.3 is 0 Å². The van der Waals surface area contributed by atoms with E-state index in [1.165, 1.54) is 23.9 Å². The molecule has 7 nitrogen and oxygen atoms in total. The number of carbonyl (C=O) groups is 2. The average molecular weight is 482 g/mol. The molecule has 4 rings (SSSR count). The minimum Gasteiger partial charge on any atom is -0.356 e. The van der Waals surface area contributed by atoms with E-state index < -0.39 is 0 Å². The molecule has 34 heavy (non-hydrogen) atoms. The van der Waals surface area contributed by atoms with Crippen LogP contribution in [0.3, 0.4) is 0 Å². The molecule has 0 bridgehead atoms. The Labute approximate surface area is 202 Å². The Morgan fingerprint density at radius 3 is 2.44 bits per heavy atom. The zero-order valence-corrected chi connectivity index (χ0v) is 19.9. The second-order valence-electron chi connectivity index (χ2n) is 8.22.